The van der Waals surface area contributed by atoms with Crippen LogP contribution in [0.2, 0.25) is 5.02 Å². The van der Waals surface area contributed by atoms with Gasteiger partial charge in [0.1, 0.15) is 0 Å². The number of thioether (sulfide) groups is 1. The fourth-order valence-corrected chi connectivity index (χ4v) is 2.42. The summed E-state index contributed by atoms with van der Waals surface area (Å²) in [5.41, 5.74) is 6.09. The number of carboxylic acid groups (broad SMARTS) is 1. The van der Waals surface area contributed by atoms with Crippen molar-refractivity contribution in [1.82, 2.24) is 0 Å². The van der Waals surface area contributed by atoms with Gasteiger partial charge in [0.25, 0.3) is 0 Å². The van der Waals surface area contributed by atoms with Gasteiger partial charge < -0.3 is 10.8 Å². The SMILES string of the molecule is CCCSc1c(Cl)cc(N)cc1C(=O)O. The van der Waals surface area contributed by atoms with Gasteiger partial charge in [-0.2, -0.15) is 0 Å². The van der Waals surface area contributed by atoms with E-state index in [2.05, 4.69) is 0 Å². The molecule has 0 saturated heterocycles. The van der Waals surface area contributed by atoms with E-state index < -0.39 is 5.97 Å². The first kappa shape index (κ1) is 12.2. The minimum Gasteiger partial charge on any atom is -0.478 e. The van der Waals surface area contributed by atoms with E-state index in [-0.39, 0.29) is 5.56 Å². The number of aromatic carboxylic acids is 1. The molecule has 0 heterocycles. The summed E-state index contributed by atoms with van der Waals surface area (Å²) in [6.45, 7) is 2.03. The van der Waals surface area contributed by atoms with E-state index in [1.165, 1.54) is 17.8 Å². The van der Waals surface area contributed by atoms with Crippen LogP contribution >= 0.6 is 23.4 Å². The molecule has 1 rings (SSSR count). The van der Waals surface area contributed by atoms with Crippen molar-refractivity contribution in [1.29, 1.82) is 0 Å². The van der Waals surface area contributed by atoms with E-state index in [0.29, 0.717) is 15.6 Å². The Bertz CT molecular complexity index is 382. The van der Waals surface area contributed by atoms with Gasteiger partial charge in [0, 0.05) is 10.6 Å². The summed E-state index contributed by atoms with van der Waals surface area (Å²) in [6, 6.07) is 3.01. The van der Waals surface area contributed by atoms with Crippen molar-refractivity contribution in [3.05, 3.63) is 22.7 Å². The predicted octanol–water partition coefficient (Wildman–Crippen LogP) is 3.12. The van der Waals surface area contributed by atoms with Gasteiger partial charge in [-0.15, -0.1) is 11.8 Å². The van der Waals surface area contributed by atoms with Crippen molar-refractivity contribution >= 4 is 35.0 Å². The molecule has 3 nitrogen and oxygen atoms in total. The Hall–Kier alpha value is -0.870. The maximum Gasteiger partial charge on any atom is 0.336 e. The van der Waals surface area contributed by atoms with Crippen LogP contribution in [0.3, 0.4) is 0 Å². The monoisotopic (exact) mass is 245 g/mol. The van der Waals surface area contributed by atoms with Crippen LogP contribution < -0.4 is 5.73 Å². The molecule has 0 fully saturated rings. The van der Waals surface area contributed by atoms with Crippen molar-refractivity contribution < 1.29 is 9.90 Å². The van der Waals surface area contributed by atoms with Crippen molar-refractivity contribution in [2.45, 2.75) is 18.2 Å². The van der Waals surface area contributed by atoms with Gasteiger partial charge in [-0.3, -0.25) is 0 Å². The molecule has 0 aromatic heterocycles. The summed E-state index contributed by atoms with van der Waals surface area (Å²) >= 11 is 7.39. The zero-order chi connectivity index (χ0) is 11.4. The first-order chi connectivity index (χ1) is 7.06. The number of halogens is 1. The van der Waals surface area contributed by atoms with Gasteiger partial charge in [0.05, 0.1) is 10.6 Å². The van der Waals surface area contributed by atoms with Crippen LogP contribution in [0, 0.1) is 0 Å². The molecule has 1 aromatic carbocycles. The number of hydrogen-bond acceptors (Lipinski definition) is 3. The Morgan fingerprint density at radius 1 is 1.60 bits per heavy atom. The van der Waals surface area contributed by atoms with E-state index in [4.69, 9.17) is 22.4 Å². The third-order valence-corrected chi connectivity index (χ3v) is 3.50. The fraction of sp³-hybridized carbons (Fsp3) is 0.300. The lowest BCUT2D eigenvalue weighted by Crippen LogP contribution is -2.01. The summed E-state index contributed by atoms with van der Waals surface area (Å²) in [5.74, 6) is -0.160. The number of carbonyl (C=O) groups is 1. The number of hydrogen-bond donors (Lipinski definition) is 2. The van der Waals surface area contributed by atoms with E-state index in [9.17, 15) is 4.79 Å². The van der Waals surface area contributed by atoms with Crippen LogP contribution in [0.25, 0.3) is 0 Å². The number of benzene rings is 1. The normalized spacial score (nSPS) is 10.3. The molecule has 0 unspecified atom stereocenters. The summed E-state index contributed by atoms with van der Waals surface area (Å²) in [4.78, 5) is 11.6. The highest BCUT2D eigenvalue weighted by atomic mass is 35.5. The molecular formula is C10H12ClNO2S. The number of carboxylic acids is 1. The molecule has 0 atom stereocenters. The van der Waals surface area contributed by atoms with Crippen molar-refractivity contribution in [2.24, 2.45) is 0 Å². The zero-order valence-corrected chi connectivity index (χ0v) is 9.86. The first-order valence-electron chi connectivity index (χ1n) is 4.51. The van der Waals surface area contributed by atoms with Gasteiger partial charge in [-0.05, 0) is 24.3 Å². The van der Waals surface area contributed by atoms with Gasteiger partial charge >= 0.3 is 5.97 Å². The van der Waals surface area contributed by atoms with Crippen LogP contribution in [0.5, 0.6) is 0 Å². The lowest BCUT2D eigenvalue weighted by molar-refractivity contribution is 0.0693. The number of rotatable bonds is 4. The number of anilines is 1. The fourth-order valence-electron chi connectivity index (χ4n) is 1.12. The highest BCUT2D eigenvalue weighted by Gasteiger charge is 2.14. The van der Waals surface area contributed by atoms with Crippen LogP contribution in [-0.2, 0) is 0 Å². The molecule has 0 aliphatic rings. The highest BCUT2D eigenvalue weighted by Crippen LogP contribution is 2.33. The van der Waals surface area contributed by atoms with Gasteiger partial charge in [0.2, 0.25) is 0 Å². The Kier molecular flexibility index (Phi) is 4.29. The molecule has 82 valence electrons. The standard InChI is InChI=1S/C10H12ClNO2S/c1-2-3-15-9-7(10(13)14)4-6(12)5-8(9)11/h4-5H,2-3,12H2,1H3,(H,13,14). The Morgan fingerprint density at radius 2 is 2.27 bits per heavy atom. The van der Waals surface area contributed by atoms with Gasteiger partial charge in [-0.1, -0.05) is 18.5 Å². The van der Waals surface area contributed by atoms with E-state index in [0.717, 1.165) is 12.2 Å². The Labute approximate surface area is 97.6 Å². The molecule has 0 bridgehead atoms. The lowest BCUT2D eigenvalue weighted by Gasteiger charge is -2.08. The van der Waals surface area contributed by atoms with Crippen LogP contribution in [-0.4, -0.2) is 16.8 Å². The largest absolute Gasteiger partial charge is 0.478 e. The second-order valence-electron chi connectivity index (χ2n) is 3.03. The molecule has 1 aromatic rings. The van der Waals surface area contributed by atoms with E-state index >= 15 is 0 Å². The topological polar surface area (TPSA) is 63.3 Å². The molecule has 0 aliphatic carbocycles. The molecule has 15 heavy (non-hydrogen) atoms. The summed E-state index contributed by atoms with van der Waals surface area (Å²) in [7, 11) is 0. The second-order valence-corrected chi connectivity index (χ2v) is 4.55. The lowest BCUT2D eigenvalue weighted by atomic mass is 10.2. The Balaban J connectivity index is 3.15. The van der Waals surface area contributed by atoms with Crippen LogP contribution in [0.1, 0.15) is 23.7 Å². The second kappa shape index (κ2) is 5.28. The van der Waals surface area contributed by atoms with Gasteiger partial charge in [-0.25, -0.2) is 4.79 Å². The minimum absolute atomic E-state index is 0.179. The van der Waals surface area contributed by atoms with Crippen LogP contribution in [0.4, 0.5) is 5.69 Å². The predicted molar refractivity (Wildman–Crippen MR) is 63.8 cm³/mol. The molecule has 0 amide bonds. The maximum atomic E-state index is 11.0. The maximum absolute atomic E-state index is 11.0. The first-order valence-corrected chi connectivity index (χ1v) is 5.87. The molecule has 3 N–H and O–H groups in total. The van der Waals surface area contributed by atoms with E-state index in [1.807, 2.05) is 6.92 Å². The number of nitrogen functional groups attached to an aromatic ring is 1. The summed E-state index contributed by atoms with van der Waals surface area (Å²) < 4.78 is 0. The minimum atomic E-state index is -0.997. The molecule has 0 spiro atoms. The quantitative estimate of drug-likeness (QED) is 0.632. The molecule has 0 radical (unpaired) electrons. The van der Waals surface area contributed by atoms with Crippen molar-refractivity contribution in [3.8, 4) is 0 Å². The Morgan fingerprint density at radius 3 is 2.80 bits per heavy atom. The van der Waals surface area contributed by atoms with Crippen LogP contribution in [0.15, 0.2) is 17.0 Å². The van der Waals surface area contributed by atoms with E-state index in [1.54, 1.807) is 6.07 Å². The highest BCUT2D eigenvalue weighted by molar-refractivity contribution is 7.99. The molecule has 0 saturated carbocycles. The smallest absolute Gasteiger partial charge is 0.336 e. The summed E-state index contributed by atoms with van der Waals surface area (Å²) in [5, 5.41) is 9.39. The average molecular weight is 246 g/mol. The molecule has 5 heteroatoms. The molecular weight excluding hydrogens is 234 g/mol. The van der Waals surface area contributed by atoms with Crippen molar-refractivity contribution in [2.75, 3.05) is 11.5 Å². The third-order valence-electron chi connectivity index (χ3n) is 1.75. The number of nitrogens with two attached hydrogens (primary N) is 1. The summed E-state index contributed by atoms with van der Waals surface area (Å²) in [6.07, 6.45) is 0.963. The molecule has 0 aliphatic heterocycles. The zero-order valence-electron chi connectivity index (χ0n) is 8.29. The van der Waals surface area contributed by atoms with Gasteiger partial charge in [0.15, 0.2) is 0 Å². The third kappa shape index (κ3) is 3.04. The van der Waals surface area contributed by atoms with Crippen molar-refractivity contribution in [3.63, 3.8) is 0 Å². The average Bonchev–Trinajstić information content (AvgIpc) is 2.15.